The average molecular weight is 425 g/mol. The summed E-state index contributed by atoms with van der Waals surface area (Å²) in [7, 11) is 0. The molecule has 0 saturated carbocycles. The van der Waals surface area contributed by atoms with Gasteiger partial charge in [-0.2, -0.15) is 0 Å². The number of thiophene rings is 2. The number of rotatable bonds is 4. The molecule has 0 spiro atoms. The van der Waals surface area contributed by atoms with Gasteiger partial charge < -0.3 is 9.47 Å². The second-order valence-electron chi connectivity index (χ2n) is 7.91. The largest absolute Gasteiger partial charge is 0.444 e. The monoisotopic (exact) mass is 424 g/mol. The minimum absolute atomic E-state index is 0.190. The maximum absolute atomic E-state index is 12.6. The van der Waals surface area contributed by atoms with E-state index >= 15 is 0 Å². The van der Waals surface area contributed by atoms with Gasteiger partial charge in [0.25, 0.3) is 0 Å². The van der Waals surface area contributed by atoms with E-state index in [1.807, 2.05) is 0 Å². The molecule has 0 atom stereocenters. The number of ether oxygens (including phenoxy) is 2. The molecule has 152 valence electrons. The number of ketones is 1. The SMILES string of the molecule is CC(C)(C)OC(=O)Nc1ccc(C(=O)c2ccc(NC(=O)OC(C)(C)C)s2)s1. The Kier molecular flexibility index (Phi) is 6.51. The van der Waals surface area contributed by atoms with E-state index in [-0.39, 0.29) is 5.78 Å². The van der Waals surface area contributed by atoms with Crippen molar-refractivity contribution in [2.75, 3.05) is 10.6 Å². The van der Waals surface area contributed by atoms with Crippen molar-refractivity contribution in [2.24, 2.45) is 0 Å². The van der Waals surface area contributed by atoms with Gasteiger partial charge in [-0.1, -0.05) is 0 Å². The molecule has 28 heavy (non-hydrogen) atoms. The summed E-state index contributed by atoms with van der Waals surface area (Å²) in [5, 5.41) is 6.26. The molecule has 0 bridgehead atoms. The molecule has 2 N–H and O–H groups in total. The molecule has 2 aromatic heterocycles. The minimum atomic E-state index is -0.603. The highest BCUT2D eigenvalue weighted by Crippen LogP contribution is 2.29. The average Bonchev–Trinajstić information content (AvgIpc) is 3.12. The van der Waals surface area contributed by atoms with Crippen LogP contribution in [0.3, 0.4) is 0 Å². The summed E-state index contributed by atoms with van der Waals surface area (Å²) in [6, 6.07) is 6.57. The highest BCUT2D eigenvalue weighted by Gasteiger charge is 2.20. The van der Waals surface area contributed by atoms with Gasteiger partial charge >= 0.3 is 12.2 Å². The number of carbonyl (C=O) groups is 3. The maximum atomic E-state index is 12.6. The Morgan fingerprint density at radius 2 is 1.07 bits per heavy atom. The molecule has 2 amide bonds. The van der Waals surface area contributed by atoms with Crippen LogP contribution in [0.25, 0.3) is 0 Å². The zero-order valence-electron chi connectivity index (χ0n) is 16.7. The van der Waals surface area contributed by atoms with Crippen LogP contribution in [0.5, 0.6) is 0 Å². The summed E-state index contributed by atoms with van der Waals surface area (Å²) in [5.41, 5.74) is -1.21. The van der Waals surface area contributed by atoms with Crippen LogP contribution >= 0.6 is 22.7 Å². The summed E-state index contributed by atoms with van der Waals surface area (Å²) < 4.78 is 10.4. The van der Waals surface area contributed by atoms with E-state index in [0.29, 0.717) is 19.8 Å². The van der Waals surface area contributed by atoms with Gasteiger partial charge in [0, 0.05) is 0 Å². The molecule has 0 unspecified atom stereocenters. The van der Waals surface area contributed by atoms with Crippen LogP contribution in [0.15, 0.2) is 24.3 Å². The first-order valence-electron chi connectivity index (χ1n) is 8.57. The number of anilines is 2. The number of nitrogens with one attached hydrogen (secondary N) is 2. The van der Waals surface area contributed by atoms with Gasteiger partial charge in [-0.3, -0.25) is 15.4 Å². The van der Waals surface area contributed by atoms with Gasteiger partial charge in [0.2, 0.25) is 5.78 Å². The molecule has 0 saturated heterocycles. The van der Waals surface area contributed by atoms with E-state index in [2.05, 4.69) is 10.6 Å². The van der Waals surface area contributed by atoms with Crippen molar-refractivity contribution in [3.05, 3.63) is 34.0 Å². The van der Waals surface area contributed by atoms with Crippen LogP contribution in [0.2, 0.25) is 0 Å². The highest BCUT2D eigenvalue weighted by atomic mass is 32.1. The van der Waals surface area contributed by atoms with Crippen molar-refractivity contribution in [1.82, 2.24) is 0 Å². The van der Waals surface area contributed by atoms with Crippen molar-refractivity contribution < 1.29 is 23.9 Å². The predicted octanol–water partition coefficient (Wildman–Crippen LogP) is 5.73. The molecule has 7 nitrogen and oxygen atoms in total. The zero-order valence-corrected chi connectivity index (χ0v) is 18.3. The van der Waals surface area contributed by atoms with Crippen molar-refractivity contribution in [3.8, 4) is 0 Å². The lowest BCUT2D eigenvalue weighted by Gasteiger charge is -2.19. The lowest BCUT2D eigenvalue weighted by molar-refractivity contribution is 0.0625. The Balaban J connectivity index is 2.00. The summed E-state index contributed by atoms with van der Waals surface area (Å²) in [4.78, 5) is 37.2. The van der Waals surface area contributed by atoms with Crippen LogP contribution in [-0.2, 0) is 9.47 Å². The number of hydrogen-bond acceptors (Lipinski definition) is 7. The van der Waals surface area contributed by atoms with Crippen LogP contribution < -0.4 is 10.6 Å². The normalized spacial score (nSPS) is 11.6. The Morgan fingerprint density at radius 1 is 0.714 bits per heavy atom. The van der Waals surface area contributed by atoms with E-state index in [9.17, 15) is 14.4 Å². The molecule has 0 radical (unpaired) electrons. The first-order chi connectivity index (χ1) is 12.8. The zero-order chi connectivity index (χ0) is 21.1. The Hall–Kier alpha value is -2.39. The fraction of sp³-hybridized carbons (Fsp3) is 0.421. The molecule has 0 aromatic carbocycles. The molecule has 2 rings (SSSR count). The Labute approximate surface area is 172 Å². The van der Waals surface area contributed by atoms with Crippen LogP contribution in [-0.4, -0.2) is 29.2 Å². The highest BCUT2D eigenvalue weighted by molar-refractivity contribution is 7.21. The second kappa shape index (κ2) is 8.32. The van der Waals surface area contributed by atoms with Crippen molar-refractivity contribution in [3.63, 3.8) is 0 Å². The molecule has 0 aliphatic carbocycles. The van der Waals surface area contributed by atoms with E-state index in [4.69, 9.17) is 9.47 Å². The predicted molar refractivity (Wildman–Crippen MR) is 112 cm³/mol. The Morgan fingerprint density at radius 3 is 1.39 bits per heavy atom. The van der Waals surface area contributed by atoms with E-state index in [1.165, 1.54) is 0 Å². The van der Waals surface area contributed by atoms with E-state index < -0.39 is 23.4 Å². The molecular formula is C19H24N2O5S2. The molecule has 0 fully saturated rings. The summed E-state index contributed by atoms with van der Waals surface area (Å²) in [6.45, 7) is 10.6. The van der Waals surface area contributed by atoms with Crippen LogP contribution in [0, 0.1) is 0 Å². The second-order valence-corrected chi connectivity index (χ2v) is 10.1. The number of carbonyl (C=O) groups excluding carboxylic acids is 3. The van der Waals surface area contributed by atoms with Crippen molar-refractivity contribution in [2.45, 2.75) is 52.7 Å². The van der Waals surface area contributed by atoms with Gasteiger partial charge in [-0.25, -0.2) is 9.59 Å². The fourth-order valence-corrected chi connectivity index (χ4v) is 3.74. The van der Waals surface area contributed by atoms with E-state index in [0.717, 1.165) is 22.7 Å². The third kappa shape index (κ3) is 6.97. The van der Waals surface area contributed by atoms with Crippen molar-refractivity contribution >= 4 is 50.6 Å². The van der Waals surface area contributed by atoms with Crippen LogP contribution in [0.4, 0.5) is 19.6 Å². The molecule has 2 heterocycles. The summed E-state index contributed by atoms with van der Waals surface area (Å²) >= 11 is 2.31. The third-order valence-corrected chi connectivity index (χ3v) is 4.91. The maximum Gasteiger partial charge on any atom is 0.412 e. The summed E-state index contributed by atoms with van der Waals surface area (Å²) in [5.74, 6) is -0.190. The molecule has 9 heteroatoms. The fourth-order valence-electron chi connectivity index (χ4n) is 1.98. The van der Waals surface area contributed by atoms with Gasteiger partial charge in [0.1, 0.15) is 11.2 Å². The molecule has 0 aliphatic heterocycles. The lowest BCUT2D eigenvalue weighted by Crippen LogP contribution is -2.26. The van der Waals surface area contributed by atoms with Gasteiger partial charge in [-0.05, 0) is 65.8 Å². The number of amides is 2. The topological polar surface area (TPSA) is 93.7 Å². The van der Waals surface area contributed by atoms with Gasteiger partial charge in [-0.15, -0.1) is 22.7 Å². The lowest BCUT2D eigenvalue weighted by atomic mass is 10.2. The van der Waals surface area contributed by atoms with Gasteiger partial charge in [0.15, 0.2) is 0 Å². The smallest absolute Gasteiger partial charge is 0.412 e. The summed E-state index contributed by atoms with van der Waals surface area (Å²) in [6.07, 6.45) is -1.15. The van der Waals surface area contributed by atoms with E-state index in [1.54, 1.807) is 65.8 Å². The first-order valence-corrected chi connectivity index (χ1v) is 10.2. The number of hydrogen-bond donors (Lipinski definition) is 2. The standard InChI is InChI=1S/C19H24N2O5S2/c1-18(2,3)25-16(23)20-13-9-7-11(27-13)15(22)12-8-10-14(28-12)21-17(24)26-19(4,5)6/h7-10H,1-6H3,(H,20,23)(H,21,24). The quantitative estimate of drug-likeness (QED) is 0.611. The Bertz CT molecular complexity index is 801. The third-order valence-electron chi connectivity index (χ3n) is 2.91. The molecule has 2 aromatic rings. The molecule has 0 aliphatic rings. The minimum Gasteiger partial charge on any atom is -0.444 e. The van der Waals surface area contributed by atoms with Crippen LogP contribution in [0.1, 0.15) is 56.1 Å². The first kappa shape index (κ1) is 21.9. The molecular weight excluding hydrogens is 400 g/mol. The van der Waals surface area contributed by atoms with Crippen molar-refractivity contribution in [1.29, 1.82) is 0 Å². The van der Waals surface area contributed by atoms with Gasteiger partial charge in [0.05, 0.1) is 19.8 Å².